The zero-order valence-electron chi connectivity index (χ0n) is 11.5. The van der Waals surface area contributed by atoms with E-state index in [2.05, 4.69) is 0 Å². The number of benzene rings is 1. The Hall–Kier alpha value is -1.38. The van der Waals surface area contributed by atoms with Crippen LogP contribution in [-0.2, 0) is 9.47 Å². The Labute approximate surface area is 121 Å². The zero-order chi connectivity index (χ0) is 15.1. The first kappa shape index (κ1) is 14.6. The number of hydrogen-bond acceptors (Lipinski definition) is 7. The molecule has 0 aliphatic carbocycles. The number of nitrogens with two attached hydrogens (primary N) is 1. The summed E-state index contributed by atoms with van der Waals surface area (Å²) >= 11 is 0. The third-order valence-electron chi connectivity index (χ3n) is 4.12. The summed E-state index contributed by atoms with van der Waals surface area (Å²) in [7, 11) is 1.51. The van der Waals surface area contributed by atoms with Gasteiger partial charge in [-0.15, -0.1) is 0 Å². The summed E-state index contributed by atoms with van der Waals surface area (Å²) in [5.74, 6) is -0.0559. The number of methoxy groups -OCH3 is 1. The highest BCUT2D eigenvalue weighted by atomic mass is 16.7. The van der Waals surface area contributed by atoms with Crippen LogP contribution < -0.4 is 10.5 Å². The second-order valence-corrected chi connectivity index (χ2v) is 5.36. The Morgan fingerprint density at radius 3 is 2.71 bits per heavy atom. The molecule has 0 saturated carbocycles. The third-order valence-corrected chi connectivity index (χ3v) is 4.12. The van der Waals surface area contributed by atoms with E-state index in [1.807, 2.05) is 0 Å². The zero-order valence-corrected chi connectivity index (χ0v) is 11.5. The van der Waals surface area contributed by atoms with Gasteiger partial charge in [-0.1, -0.05) is 0 Å². The molecule has 116 valence electrons. The van der Waals surface area contributed by atoms with Crippen molar-refractivity contribution in [3.8, 4) is 5.75 Å². The number of anilines is 1. The predicted molar refractivity (Wildman–Crippen MR) is 72.5 cm³/mol. The molecule has 21 heavy (non-hydrogen) atoms. The molecule has 2 unspecified atom stereocenters. The standard InChI is InChI=1S/C14H19NO6/c1-19-13-7-4-6(15)2-3-8(7)20-14-10(13)12(18)11(17)9(5-16)21-14/h2-4,9-14,16-18H,5,15H2,1H3/t9-,10?,11+,12-,13+,14?/m1/s1. The van der Waals surface area contributed by atoms with Gasteiger partial charge in [0.15, 0.2) is 0 Å². The first-order chi connectivity index (χ1) is 10.1. The SMILES string of the molecule is CO[C@H]1c2cc(N)ccc2OC2O[C@H](CO)[C@H](O)[C@H](O)C21. The van der Waals surface area contributed by atoms with E-state index in [4.69, 9.17) is 19.9 Å². The number of fused-ring (bicyclic) bond motifs is 2. The largest absolute Gasteiger partial charge is 0.464 e. The molecule has 7 heteroatoms. The molecule has 3 rings (SSSR count). The minimum absolute atomic E-state index is 0.406. The van der Waals surface area contributed by atoms with Gasteiger partial charge in [0.2, 0.25) is 6.29 Å². The average Bonchev–Trinajstić information content (AvgIpc) is 2.49. The first-order valence-electron chi connectivity index (χ1n) is 6.78. The van der Waals surface area contributed by atoms with Crippen molar-refractivity contribution in [2.45, 2.75) is 30.7 Å². The monoisotopic (exact) mass is 297 g/mol. The highest BCUT2D eigenvalue weighted by Gasteiger charge is 2.52. The molecule has 1 saturated heterocycles. The van der Waals surface area contributed by atoms with Crippen LogP contribution in [0.25, 0.3) is 0 Å². The van der Waals surface area contributed by atoms with Gasteiger partial charge in [0, 0.05) is 18.4 Å². The molecule has 5 N–H and O–H groups in total. The average molecular weight is 297 g/mol. The molecular weight excluding hydrogens is 278 g/mol. The third kappa shape index (κ3) is 2.27. The van der Waals surface area contributed by atoms with Crippen LogP contribution in [0.3, 0.4) is 0 Å². The molecule has 2 heterocycles. The number of rotatable bonds is 2. The van der Waals surface area contributed by atoms with E-state index in [9.17, 15) is 15.3 Å². The van der Waals surface area contributed by atoms with Crippen molar-refractivity contribution in [1.29, 1.82) is 0 Å². The van der Waals surface area contributed by atoms with Crippen LogP contribution in [0.1, 0.15) is 11.7 Å². The summed E-state index contributed by atoms with van der Waals surface area (Å²) in [6, 6.07) is 5.13. The van der Waals surface area contributed by atoms with Gasteiger partial charge in [-0.2, -0.15) is 0 Å². The lowest BCUT2D eigenvalue weighted by Gasteiger charge is -2.47. The summed E-state index contributed by atoms with van der Waals surface area (Å²) in [5.41, 5.74) is 7.04. The summed E-state index contributed by atoms with van der Waals surface area (Å²) in [4.78, 5) is 0. The fourth-order valence-electron chi connectivity index (χ4n) is 3.04. The van der Waals surface area contributed by atoms with Gasteiger partial charge in [-0.3, -0.25) is 0 Å². The molecule has 2 aliphatic heterocycles. The summed E-state index contributed by atoms with van der Waals surface area (Å²) in [5, 5.41) is 29.6. The highest BCUT2D eigenvalue weighted by molar-refractivity contribution is 5.50. The molecule has 0 amide bonds. The second-order valence-electron chi connectivity index (χ2n) is 5.36. The van der Waals surface area contributed by atoms with Gasteiger partial charge in [0.1, 0.15) is 18.0 Å². The van der Waals surface area contributed by atoms with E-state index in [0.717, 1.165) is 0 Å². The van der Waals surface area contributed by atoms with Gasteiger partial charge in [-0.05, 0) is 18.2 Å². The van der Waals surface area contributed by atoms with Crippen LogP contribution in [0.2, 0.25) is 0 Å². The molecule has 1 aromatic carbocycles. The van der Waals surface area contributed by atoms with Gasteiger partial charge in [-0.25, -0.2) is 0 Å². The Kier molecular flexibility index (Phi) is 3.76. The summed E-state index contributed by atoms with van der Waals surface area (Å²) in [6.07, 6.45) is -4.57. The van der Waals surface area contributed by atoms with E-state index in [1.165, 1.54) is 7.11 Å². The summed E-state index contributed by atoms with van der Waals surface area (Å²) < 4.78 is 16.8. The van der Waals surface area contributed by atoms with Crippen molar-refractivity contribution >= 4 is 5.69 Å². The van der Waals surface area contributed by atoms with E-state index in [1.54, 1.807) is 18.2 Å². The smallest absolute Gasteiger partial charge is 0.208 e. The molecule has 7 nitrogen and oxygen atoms in total. The number of hydrogen-bond donors (Lipinski definition) is 4. The Bertz CT molecular complexity index is 524. The van der Waals surface area contributed by atoms with E-state index >= 15 is 0 Å². The first-order valence-corrected chi connectivity index (χ1v) is 6.78. The van der Waals surface area contributed by atoms with Gasteiger partial charge < -0.3 is 35.3 Å². The van der Waals surface area contributed by atoms with Gasteiger partial charge >= 0.3 is 0 Å². The van der Waals surface area contributed by atoms with Gasteiger partial charge in [0.25, 0.3) is 0 Å². The maximum atomic E-state index is 10.3. The number of nitrogen functional groups attached to an aromatic ring is 1. The van der Waals surface area contributed by atoms with Crippen molar-refractivity contribution in [2.75, 3.05) is 19.5 Å². The van der Waals surface area contributed by atoms with Crippen LogP contribution in [0, 0.1) is 5.92 Å². The molecule has 0 spiro atoms. The second kappa shape index (κ2) is 5.43. The van der Waals surface area contributed by atoms with Crippen molar-refractivity contribution in [3.63, 3.8) is 0 Å². The number of aliphatic hydroxyl groups excluding tert-OH is 3. The van der Waals surface area contributed by atoms with E-state index in [-0.39, 0.29) is 0 Å². The van der Waals surface area contributed by atoms with Crippen molar-refractivity contribution in [1.82, 2.24) is 0 Å². The van der Waals surface area contributed by atoms with Gasteiger partial charge in [0.05, 0.1) is 24.7 Å². The lowest BCUT2D eigenvalue weighted by atomic mass is 9.82. The Morgan fingerprint density at radius 2 is 2.05 bits per heavy atom. The minimum atomic E-state index is -1.21. The molecule has 1 aromatic rings. The van der Waals surface area contributed by atoms with Crippen LogP contribution in [0.4, 0.5) is 5.69 Å². The van der Waals surface area contributed by atoms with Crippen LogP contribution in [-0.4, -0.2) is 53.6 Å². The lowest BCUT2D eigenvalue weighted by molar-refractivity contribution is -0.285. The van der Waals surface area contributed by atoms with Crippen molar-refractivity contribution < 1.29 is 29.5 Å². The molecule has 0 aromatic heterocycles. The van der Waals surface area contributed by atoms with E-state index < -0.39 is 43.2 Å². The van der Waals surface area contributed by atoms with Crippen LogP contribution in [0.15, 0.2) is 18.2 Å². The Balaban J connectivity index is 2.00. The highest BCUT2D eigenvalue weighted by Crippen LogP contribution is 2.46. The predicted octanol–water partition coefficient (Wildman–Crippen LogP) is -0.596. The normalized spacial score (nSPS) is 38.3. The Morgan fingerprint density at radius 1 is 1.29 bits per heavy atom. The maximum Gasteiger partial charge on any atom is 0.208 e. The van der Waals surface area contributed by atoms with Crippen LogP contribution in [0.5, 0.6) is 5.75 Å². The topological polar surface area (TPSA) is 114 Å². The molecular formula is C14H19NO6. The lowest BCUT2D eigenvalue weighted by Crippen LogP contribution is -2.60. The minimum Gasteiger partial charge on any atom is -0.464 e. The maximum absolute atomic E-state index is 10.3. The van der Waals surface area contributed by atoms with E-state index in [0.29, 0.717) is 17.0 Å². The quantitative estimate of drug-likeness (QED) is 0.539. The molecule has 0 radical (unpaired) electrons. The van der Waals surface area contributed by atoms with Crippen molar-refractivity contribution in [3.05, 3.63) is 23.8 Å². The van der Waals surface area contributed by atoms with Crippen molar-refractivity contribution in [2.24, 2.45) is 5.92 Å². The van der Waals surface area contributed by atoms with Crippen LogP contribution >= 0.6 is 0 Å². The molecule has 2 aliphatic rings. The molecule has 0 bridgehead atoms. The fraction of sp³-hybridized carbons (Fsp3) is 0.571. The summed E-state index contributed by atoms with van der Waals surface area (Å²) in [6.45, 7) is -0.406. The number of aliphatic hydroxyl groups is 3. The fourth-order valence-corrected chi connectivity index (χ4v) is 3.04. The molecule has 6 atom stereocenters. The number of ether oxygens (including phenoxy) is 3. The molecule has 1 fully saturated rings.